The van der Waals surface area contributed by atoms with Crippen LogP contribution < -0.4 is 5.69 Å². The van der Waals surface area contributed by atoms with Crippen molar-refractivity contribution in [2.45, 2.75) is 19.8 Å². The van der Waals surface area contributed by atoms with Gasteiger partial charge < -0.3 is 0 Å². The standard InChI is InChI=1S/C9H11N3O/c1-6(2)7-4-3-5-12-8(7)10-11-9(12)13/h3-6H,1-2H3,(H,11,13). The number of nitrogens with zero attached hydrogens (tertiary/aromatic N) is 2. The summed E-state index contributed by atoms with van der Waals surface area (Å²) >= 11 is 0. The Balaban J connectivity index is 2.84. The fourth-order valence-electron chi connectivity index (χ4n) is 1.40. The molecule has 4 heteroatoms. The van der Waals surface area contributed by atoms with Gasteiger partial charge in [0.15, 0.2) is 5.65 Å². The fraction of sp³-hybridized carbons (Fsp3) is 0.333. The summed E-state index contributed by atoms with van der Waals surface area (Å²) in [6, 6.07) is 3.85. The van der Waals surface area contributed by atoms with Gasteiger partial charge in [0.1, 0.15) is 0 Å². The van der Waals surface area contributed by atoms with Crippen molar-refractivity contribution >= 4 is 5.65 Å². The number of hydrogen-bond donors (Lipinski definition) is 1. The van der Waals surface area contributed by atoms with E-state index in [1.165, 1.54) is 4.40 Å². The highest BCUT2D eigenvalue weighted by atomic mass is 16.1. The lowest BCUT2D eigenvalue weighted by Crippen LogP contribution is -2.09. The summed E-state index contributed by atoms with van der Waals surface area (Å²) in [6.45, 7) is 4.16. The van der Waals surface area contributed by atoms with E-state index in [4.69, 9.17) is 0 Å². The van der Waals surface area contributed by atoms with Crippen molar-refractivity contribution < 1.29 is 0 Å². The summed E-state index contributed by atoms with van der Waals surface area (Å²) in [5.41, 5.74) is 1.63. The van der Waals surface area contributed by atoms with Crippen LogP contribution in [0.3, 0.4) is 0 Å². The van der Waals surface area contributed by atoms with E-state index in [0.29, 0.717) is 5.92 Å². The summed E-state index contributed by atoms with van der Waals surface area (Å²) in [6.07, 6.45) is 1.72. The molecule has 13 heavy (non-hydrogen) atoms. The van der Waals surface area contributed by atoms with Crippen molar-refractivity contribution in [1.82, 2.24) is 14.6 Å². The number of rotatable bonds is 1. The van der Waals surface area contributed by atoms with Crippen molar-refractivity contribution in [3.05, 3.63) is 34.4 Å². The molecule has 0 aliphatic carbocycles. The quantitative estimate of drug-likeness (QED) is 0.710. The molecule has 0 aliphatic heterocycles. The molecule has 2 heterocycles. The number of H-pyrrole nitrogens is 1. The van der Waals surface area contributed by atoms with Crippen LogP contribution in [0.4, 0.5) is 0 Å². The number of pyridine rings is 1. The molecular weight excluding hydrogens is 166 g/mol. The molecule has 0 aromatic carbocycles. The lowest BCUT2D eigenvalue weighted by atomic mass is 10.1. The predicted molar refractivity (Wildman–Crippen MR) is 49.9 cm³/mol. The largest absolute Gasteiger partial charge is 0.347 e. The molecule has 0 unspecified atom stereocenters. The summed E-state index contributed by atoms with van der Waals surface area (Å²) < 4.78 is 1.52. The smallest absolute Gasteiger partial charge is 0.250 e. The van der Waals surface area contributed by atoms with Crippen LogP contribution in [0.15, 0.2) is 23.1 Å². The van der Waals surface area contributed by atoms with Gasteiger partial charge in [0, 0.05) is 6.20 Å². The van der Waals surface area contributed by atoms with Crippen molar-refractivity contribution in [3.63, 3.8) is 0 Å². The Morgan fingerprint density at radius 2 is 2.31 bits per heavy atom. The first kappa shape index (κ1) is 8.04. The third-order valence-electron chi connectivity index (χ3n) is 2.10. The highest BCUT2D eigenvalue weighted by molar-refractivity contribution is 5.47. The van der Waals surface area contributed by atoms with Gasteiger partial charge in [-0.15, -0.1) is 0 Å². The second-order valence-corrected chi connectivity index (χ2v) is 3.34. The zero-order valence-corrected chi connectivity index (χ0v) is 7.61. The van der Waals surface area contributed by atoms with Crippen LogP contribution in [0, 0.1) is 0 Å². The number of nitrogens with one attached hydrogen (secondary N) is 1. The van der Waals surface area contributed by atoms with Gasteiger partial charge in [-0.05, 0) is 17.5 Å². The van der Waals surface area contributed by atoms with E-state index in [2.05, 4.69) is 24.0 Å². The molecule has 0 saturated carbocycles. The van der Waals surface area contributed by atoms with E-state index < -0.39 is 0 Å². The molecule has 4 nitrogen and oxygen atoms in total. The fourth-order valence-corrected chi connectivity index (χ4v) is 1.40. The average Bonchev–Trinajstić information content (AvgIpc) is 2.48. The van der Waals surface area contributed by atoms with Crippen LogP contribution >= 0.6 is 0 Å². The first-order valence-corrected chi connectivity index (χ1v) is 4.26. The van der Waals surface area contributed by atoms with E-state index >= 15 is 0 Å². The van der Waals surface area contributed by atoms with E-state index in [0.717, 1.165) is 11.2 Å². The molecule has 0 saturated heterocycles. The normalized spacial score (nSPS) is 11.3. The molecule has 0 atom stereocenters. The molecule has 0 radical (unpaired) electrons. The Morgan fingerprint density at radius 1 is 1.54 bits per heavy atom. The van der Waals surface area contributed by atoms with Gasteiger partial charge in [-0.1, -0.05) is 19.9 Å². The molecule has 2 aromatic rings. The maximum absolute atomic E-state index is 11.2. The molecule has 0 aliphatic rings. The van der Waals surface area contributed by atoms with Gasteiger partial charge in [0.25, 0.3) is 0 Å². The van der Waals surface area contributed by atoms with Gasteiger partial charge in [0.05, 0.1) is 0 Å². The Bertz CT molecular complexity index is 481. The average molecular weight is 177 g/mol. The van der Waals surface area contributed by atoms with Crippen LogP contribution in [-0.4, -0.2) is 14.6 Å². The molecule has 2 rings (SSSR count). The van der Waals surface area contributed by atoms with Crippen molar-refractivity contribution in [3.8, 4) is 0 Å². The minimum absolute atomic E-state index is 0.183. The predicted octanol–water partition coefficient (Wildman–Crippen LogP) is 1.15. The van der Waals surface area contributed by atoms with E-state index in [-0.39, 0.29) is 5.69 Å². The highest BCUT2D eigenvalue weighted by Crippen LogP contribution is 2.16. The van der Waals surface area contributed by atoms with E-state index in [9.17, 15) is 4.79 Å². The third-order valence-corrected chi connectivity index (χ3v) is 2.10. The van der Waals surface area contributed by atoms with Crippen LogP contribution in [0.2, 0.25) is 0 Å². The first-order chi connectivity index (χ1) is 6.20. The van der Waals surface area contributed by atoms with Gasteiger partial charge in [-0.25, -0.2) is 9.89 Å². The summed E-state index contributed by atoms with van der Waals surface area (Å²) in [4.78, 5) is 11.2. The van der Waals surface area contributed by atoms with Crippen molar-refractivity contribution in [2.24, 2.45) is 0 Å². The Kier molecular flexibility index (Phi) is 1.69. The zero-order valence-electron chi connectivity index (χ0n) is 7.61. The first-order valence-electron chi connectivity index (χ1n) is 4.26. The van der Waals surface area contributed by atoms with Gasteiger partial charge in [-0.3, -0.25) is 4.40 Å². The molecule has 1 N–H and O–H groups in total. The summed E-state index contributed by atoms with van der Waals surface area (Å²) in [5.74, 6) is 0.374. The number of fused-ring (bicyclic) bond motifs is 1. The minimum Gasteiger partial charge on any atom is -0.250 e. The topological polar surface area (TPSA) is 50.2 Å². The molecule has 2 aromatic heterocycles. The van der Waals surface area contributed by atoms with Gasteiger partial charge in [0.2, 0.25) is 0 Å². The Morgan fingerprint density at radius 3 is 3.00 bits per heavy atom. The summed E-state index contributed by atoms with van der Waals surface area (Å²) in [7, 11) is 0. The van der Waals surface area contributed by atoms with Crippen LogP contribution in [0.25, 0.3) is 5.65 Å². The SMILES string of the molecule is CC(C)c1cccn2c(=O)[nH]nc12. The molecule has 0 fully saturated rings. The lowest BCUT2D eigenvalue weighted by Gasteiger charge is -2.04. The van der Waals surface area contributed by atoms with Gasteiger partial charge >= 0.3 is 5.69 Å². The van der Waals surface area contributed by atoms with Crippen LogP contribution in [-0.2, 0) is 0 Å². The van der Waals surface area contributed by atoms with E-state index in [1.54, 1.807) is 6.20 Å². The molecule has 68 valence electrons. The Hall–Kier alpha value is -1.58. The third kappa shape index (κ3) is 1.14. The Labute approximate surface area is 75.2 Å². The van der Waals surface area contributed by atoms with E-state index in [1.807, 2.05) is 12.1 Å². The maximum atomic E-state index is 11.2. The lowest BCUT2D eigenvalue weighted by molar-refractivity contribution is 0.861. The maximum Gasteiger partial charge on any atom is 0.347 e. The minimum atomic E-state index is -0.183. The van der Waals surface area contributed by atoms with Crippen LogP contribution in [0.5, 0.6) is 0 Å². The molecule has 0 spiro atoms. The number of aromatic amines is 1. The zero-order chi connectivity index (χ0) is 9.42. The summed E-state index contributed by atoms with van der Waals surface area (Å²) in [5, 5.41) is 6.39. The van der Waals surface area contributed by atoms with Crippen LogP contribution in [0.1, 0.15) is 25.3 Å². The van der Waals surface area contributed by atoms with Crippen molar-refractivity contribution in [1.29, 1.82) is 0 Å². The second-order valence-electron chi connectivity index (χ2n) is 3.34. The highest BCUT2D eigenvalue weighted by Gasteiger charge is 2.07. The second kappa shape index (κ2) is 2.73. The monoisotopic (exact) mass is 177 g/mol. The molecular formula is C9H11N3O. The molecule has 0 amide bonds. The van der Waals surface area contributed by atoms with Crippen molar-refractivity contribution in [2.75, 3.05) is 0 Å². The number of hydrogen-bond acceptors (Lipinski definition) is 2. The number of aromatic nitrogens is 3. The van der Waals surface area contributed by atoms with Gasteiger partial charge in [-0.2, -0.15) is 5.10 Å². The molecule has 0 bridgehead atoms.